The first-order valence-corrected chi connectivity index (χ1v) is 6.30. The molecule has 0 aromatic heterocycles. The molecule has 1 fully saturated rings. The largest absolute Gasteiger partial charge is 0.395 e. The van der Waals surface area contributed by atoms with Crippen LogP contribution in [0.25, 0.3) is 0 Å². The summed E-state index contributed by atoms with van der Waals surface area (Å²) in [5.74, 6) is 0.00917. The lowest BCUT2D eigenvalue weighted by atomic mass is 9.91. The zero-order valence-corrected chi connectivity index (χ0v) is 10.8. The summed E-state index contributed by atoms with van der Waals surface area (Å²) in [6.45, 7) is 3.50. The average molecular weight is 244 g/mol. The lowest BCUT2D eigenvalue weighted by Crippen LogP contribution is -2.49. The first-order valence-electron chi connectivity index (χ1n) is 6.30. The van der Waals surface area contributed by atoms with Gasteiger partial charge in [-0.3, -0.25) is 9.69 Å². The number of ether oxygens (including phenoxy) is 1. The van der Waals surface area contributed by atoms with Crippen molar-refractivity contribution in [2.24, 2.45) is 0 Å². The number of rotatable bonds is 8. The Hall–Kier alpha value is -0.650. The van der Waals surface area contributed by atoms with Crippen LogP contribution in [0.3, 0.4) is 0 Å². The maximum Gasteiger partial charge on any atom is 0.234 e. The van der Waals surface area contributed by atoms with E-state index in [0.29, 0.717) is 25.7 Å². The smallest absolute Gasteiger partial charge is 0.234 e. The highest BCUT2D eigenvalue weighted by Gasteiger charge is 2.26. The van der Waals surface area contributed by atoms with Crippen molar-refractivity contribution in [2.45, 2.75) is 38.3 Å². The van der Waals surface area contributed by atoms with Crippen LogP contribution in [0, 0.1) is 0 Å². The van der Waals surface area contributed by atoms with Gasteiger partial charge in [-0.25, -0.2) is 0 Å². The second-order valence-electron chi connectivity index (χ2n) is 4.70. The van der Waals surface area contributed by atoms with E-state index in [0.717, 1.165) is 12.8 Å². The van der Waals surface area contributed by atoms with Crippen LogP contribution in [0.5, 0.6) is 0 Å². The molecule has 100 valence electrons. The number of carbonyl (C=O) groups excluding carboxylic acids is 1. The molecule has 1 unspecified atom stereocenters. The fraction of sp³-hybridized carbons (Fsp3) is 0.917. The normalized spacial score (nSPS) is 17.9. The van der Waals surface area contributed by atoms with Gasteiger partial charge in [0.15, 0.2) is 0 Å². The fourth-order valence-electron chi connectivity index (χ4n) is 2.07. The fourth-order valence-corrected chi connectivity index (χ4v) is 2.07. The van der Waals surface area contributed by atoms with Crippen LogP contribution >= 0.6 is 0 Å². The molecule has 0 aromatic carbocycles. The minimum atomic E-state index is 0.00917. The van der Waals surface area contributed by atoms with Crippen molar-refractivity contribution >= 4 is 5.91 Å². The Labute approximate surface area is 103 Å². The predicted octanol–water partition coefficient (Wildman–Crippen LogP) is -0.0157. The third-order valence-corrected chi connectivity index (χ3v) is 3.15. The number of nitrogens with one attached hydrogen (secondary N) is 1. The number of aliphatic hydroxyl groups is 1. The second kappa shape index (κ2) is 7.63. The summed E-state index contributed by atoms with van der Waals surface area (Å²) < 4.78 is 4.97. The summed E-state index contributed by atoms with van der Waals surface area (Å²) in [6, 6.07) is 0.510. The van der Waals surface area contributed by atoms with Gasteiger partial charge >= 0.3 is 0 Å². The number of nitrogens with zero attached hydrogens (tertiary/aromatic N) is 1. The highest BCUT2D eigenvalue weighted by molar-refractivity contribution is 5.78. The molecule has 0 aliphatic heterocycles. The molecule has 1 rings (SSSR count). The zero-order valence-electron chi connectivity index (χ0n) is 10.8. The Morgan fingerprint density at radius 3 is 2.76 bits per heavy atom. The number of hydrogen-bond acceptors (Lipinski definition) is 4. The van der Waals surface area contributed by atoms with Crippen molar-refractivity contribution in [1.82, 2.24) is 10.2 Å². The Morgan fingerprint density at radius 2 is 2.29 bits per heavy atom. The van der Waals surface area contributed by atoms with Gasteiger partial charge in [0.2, 0.25) is 5.91 Å². The SMILES string of the molecule is COCC(C)NC(=O)CN(CCO)C1CCC1. The van der Waals surface area contributed by atoms with Gasteiger partial charge in [0, 0.05) is 25.7 Å². The molecule has 1 amide bonds. The van der Waals surface area contributed by atoms with Crippen molar-refractivity contribution < 1.29 is 14.6 Å². The molecule has 0 bridgehead atoms. The van der Waals surface area contributed by atoms with Gasteiger partial charge in [-0.1, -0.05) is 6.42 Å². The lowest BCUT2D eigenvalue weighted by molar-refractivity contribution is -0.124. The number of aliphatic hydroxyl groups excluding tert-OH is 1. The van der Waals surface area contributed by atoms with Crippen LogP contribution < -0.4 is 5.32 Å². The van der Waals surface area contributed by atoms with Crippen LogP contribution in [0.15, 0.2) is 0 Å². The minimum Gasteiger partial charge on any atom is -0.395 e. The molecule has 2 N–H and O–H groups in total. The molecule has 1 saturated carbocycles. The van der Waals surface area contributed by atoms with Gasteiger partial charge in [0.05, 0.1) is 19.8 Å². The van der Waals surface area contributed by atoms with Crippen molar-refractivity contribution in [3.63, 3.8) is 0 Å². The Morgan fingerprint density at radius 1 is 1.59 bits per heavy atom. The van der Waals surface area contributed by atoms with E-state index in [2.05, 4.69) is 10.2 Å². The zero-order chi connectivity index (χ0) is 12.7. The molecule has 0 radical (unpaired) electrons. The van der Waals surface area contributed by atoms with Gasteiger partial charge in [-0.05, 0) is 19.8 Å². The quantitative estimate of drug-likeness (QED) is 0.630. The summed E-state index contributed by atoms with van der Waals surface area (Å²) in [5.41, 5.74) is 0. The molecule has 5 heteroatoms. The molecule has 0 heterocycles. The van der Waals surface area contributed by atoms with Gasteiger partial charge in [0.25, 0.3) is 0 Å². The van der Waals surface area contributed by atoms with Crippen molar-refractivity contribution in [3.05, 3.63) is 0 Å². The molecule has 0 aromatic rings. The van der Waals surface area contributed by atoms with E-state index < -0.39 is 0 Å². The van der Waals surface area contributed by atoms with Crippen LogP contribution in [-0.2, 0) is 9.53 Å². The number of methoxy groups -OCH3 is 1. The summed E-state index contributed by atoms with van der Waals surface area (Å²) in [4.78, 5) is 13.8. The molecular formula is C12H24N2O3. The Balaban J connectivity index is 2.30. The third kappa shape index (κ3) is 5.02. The molecule has 1 aliphatic carbocycles. The summed E-state index contributed by atoms with van der Waals surface area (Å²) in [6.07, 6.45) is 3.51. The van der Waals surface area contributed by atoms with Crippen LogP contribution in [-0.4, -0.2) is 61.4 Å². The van der Waals surface area contributed by atoms with Crippen molar-refractivity contribution in [1.29, 1.82) is 0 Å². The average Bonchev–Trinajstić information content (AvgIpc) is 2.14. The van der Waals surface area contributed by atoms with E-state index in [4.69, 9.17) is 9.84 Å². The summed E-state index contributed by atoms with van der Waals surface area (Å²) in [7, 11) is 1.62. The lowest BCUT2D eigenvalue weighted by Gasteiger charge is -2.36. The Kier molecular flexibility index (Phi) is 6.47. The topological polar surface area (TPSA) is 61.8 Å². The van der Waals surface area contributed by atoms with Gasteiger partial charge in [0.1, 0.15) is 0 Å². The van der Waals surface area contributed by atoms with Gasteiger partial charge in [-0.15, -0.1) is 0 Å². The molecule has 5 nitrogen and oxygen atoms in total. The van der Waals surface area contributed by atoms with Crippen molar-refractivity contribution in [2.75, 3.05) is 33.4 Å². The van der Waals surface area contributed by atoms with Crippen LogP contribution in [0.2, 0.25) is 0 Å². The first-order chi connectivity index (χ1) is 8.17. The van der Waals surface area contributed by atoms with E-state index >= 15 is 0 Å². The third-order valence-electron chi connectivity index (χ3n) is 3.15. The first kappa shape index (κ1) is 14.4. The maximum atomic E-state index is 11.8. The molecular weight excluding hydrogens is 220 g/mol. The summed E-state index contributed by atoms with van der Waals surface area (Å²) in [5, 5.41) is 11.9. The molecule has 1 aliphatic rings. The Bertz CT molecular complexity index is 232. The highest BCUT2D eigenvalue weighted by Crippen LogP contribution is 2.24. The van der Waals surface area contributed by atoms with E-state index in [1.807, 2.05) is 6.92 Å². The minimum absolute atomic E-state index is 0.00917. The van der Waals surface area contributed by atoms with Gasteiger partial charge < -0.3 is 15.2 Å². The van der Waals surface area contributed by atoms with Gasteiger partial charge in [-0.2, -0.15) is 0 Å². The van der Waals surface area contributed by atoms with E-state index in [9.17, 15) is 4.79 Å². The van der Waals surface area contributed by atoms with E-state index in [1.165, 1.54) is 6.42 Å². The number of amides is 1. The van der Waals surface area contributed by atoms with Crippen LogP contribution in [0.1, 0.15) is 26.2 Å². The van der Waals surface area contributed by atoms with Crippen molar-refractivity contribution in [3.8, 4) is 0 Å². The predicted molar refractivity (Wildman–Crippen MR) is 65.8 cm³/mol. The standard InChI is InChI=1S/C12H24N2O3/c1-10(9-17-2)13-12(16)8-14(6-7-15)11-4-3-5-11/h10-11,15H,3-9H2,1-2H3,(H,13,16). The van der Waals surface area contributed by atoms with E-state index in [1.54, 1.807) is 7.11 Å². The van der Waals surface area contributed by atoms with Crippen LogP contribution in [0.4, 0.5) is 0 Å². The molecule has 17 heavy (non-hydrogen) atoms. The van der Waals surface area contributed by atoms with E-state index in [-0.39, 0.29) is 18.6 Å². The molecule has 1 atom stereocenters. The number of carbonyl (C=O) groups is 1. The number of hydrogen-bond donors (Lipinski definition) is 2. The molecule has 0 spiro atoms. The maximum absolute atomic E-state index is 11.8. The monoisotopic (exact) mass is 244 g/mol. The second-order valence-corrected chi connectivity index (χ2v) is 4.70. The molecule has 0 saturated heterocycles. The highest BCUT2D eigenvalue weighted by atomic mass is 16.5. The summed E-state index contributed by atoms with van der Waals surface area (Å²) >= 11 is 0.